The molecule has 6 heteroatoms. The first kappa shape index (κ1) is 23.6. The van der Waals surface area contributed by atoms with E-state index in [9.17, 15) is 4.79 Å². The molecule has 0 radical (unpaired) electrons. The summed E-state index contributed by atoms with van der Waals surface area (Å²) in [5.41, 5.74) is 3.78. The van der Waals surface area contributed by atoms with Crippen LogP contribution in [0.25, 0.3) is 0 Å². The summed E-state index contributed by atoms with van der Waals surface area (Å²) in [6.45, 7) is 7.91. The maximum atomic E-state index is 12.5. The SMILES string of the molecule is COCCSc1ccc(C(C)NC(=O)NC2CCN(Cc3cccc(C)c3)CC2)cc1. The summed E-state index contributed by atoms with van der Waals surface area (Å²) >= 11 is 1.78. The monoisotopic (exact) mass is 441 g/mol. The van der Waals surface area contributed by atoms with Gasteiger partial charge in [-0.3, -0.25) is 4.90 Å². The number of thioether (sulfide) groups is 1. The Kier molecular flexibility index (Phi) is 9.25. The number of urea groups is 1. The topological polar surface area (TPSA) is 53.6 Å². The largest absolute Gasteiger partial charge is 0.384 e. The number of amides is 2. The molecule has 2 amide bonds. The summed E-state index contributed by atoms with van der Waals surface area (Å²) < 4.78 is 5.09. The quantitative estimate of drug-likeness (QED) is 0.435. The Hall–Kier alpha value is -2.02. The van der Waals surface area contributed by atoms with E-state index >= 15 is 0 Å². The van der Waals surface area contributed by atoms with Crippen molar-refractivity contribution in [3.63, 3.8) is 0 Å². The number of nitrogens with zero attached hydrogens (tertiary/aromatic N) is 1. The highest BCUT2D eigenvalue weighted by Crippen LogP contribution is 2.21. The van der Waals surface area contributed by atoms with Gasteiger partial charge in [-0.15, -0.1) is 11.8 Å². The van der Waals surface area contributed by atoms with Crippen molar-refractivity contribution in [3.8, 4) is 0 Å². The Morgan fingerprint density at radius 1 is 1.19 bits per heavy atom. The molecular weight excluding hydrogens is 406 g/mol. The first-order valence-electron chi connectivity index (χ1n) is 11.1. The minimum atomic E-state index is -0.0804. The summed E-state index contributed by atoms with van der Waals surface area (Å²) in [6, 6.07) is 17.2. The zero-order valence-electron chi connectivity index (χ0n) is 18.9. The fraction of sp³-hybridized carbons (Fsp3) is 0.480. The number of ether oxygens (including phenoxy) is 1. The Morgan fingerprint density at radius 3 is 2.61 bits per heavy atom. The van der Waals surface area contributed by atoms with E-state index in [1.54, 1.807) is 18.9 Å². The summed E-state index contributed by atoms with van der Waals surface area (Å²) in [5.74, 6) is 0.940. The van der Waals surface area contributed by atoms with E-state index in [-0.39, 0.29) is 18.1 Å². The number of piperidine rings is 1. The predicted molar refractivity (Wildman–Crippen MR) is 129 cm³/mol. The van der Waals surface area contributed by atoms with Crippen LogP contribution in [-0.4, -0.2) is 49.5 Å². The Balaban J connectivity index is 1.38. The van der Waals surface area contributed by atoms with Crippen molar-refractivity contribution in [2.24, 2.45) is 0 Å². The lowest BCUT2D eigenvalue weighted by Crippen LogP contribution is -2.48. The lowest BCUT2D eigenvalue weighted by molar-refractivity contribution is 0.186. The van der Waals surface area contributed by atoms with Gasteiger partial charge in [0.2, 0.25) is 0 Å². The smallest absolute Gasteiger partial charge is 0.315 e. The van der Waals surface area contributed by atoms with Crippen LogP contribution >= 0.6 is 11.8 Å². The zero-order valence-corrected chi connectivity index (χ0v) is 19.7. The van der Waals surface area contributed by atoms with Crippen LogP contribution in [0.4, 0.5) is 4.79 Å². The average Bonchev–Trinajstić information content (AvgIpc) is 2.76. The second kappa shape index (κ2) is 12.1. The van der Waals surface area contributed by atoms with Gasteiger partial charge in [-0.1, -0.05) is 42.0 Å². The number of carbonyl (C=O) groups is 1. The van der Waals surface area contributed by atoms with Gasteiger partial charge in [0.25, 0.3) is 0 Å². The molecule has 168 valence electrons. The van der Waals surface area contributed by atoms with Gasteiger partial charge in [0.05, 0.1) is 12.6 Å². The van der Waals surface area contributed by atoms with Gasteiger partial charge < -0.3 is 15.4 Å². The van der Waals surface area contributed by atoms with Crippen molar-refractivity contribution >= 4 is 17.8 Å². The molecule has 0 aromatic heterocycles. The molecule has 1 atom stereocenters. The van der Waals surface area contributed by atoms with E-state index in [1.807, 2.05) is 6.92 Å². The van der Waals surface area contributed by atoms with Crippen LogP contribution in [0, 0.1) is 6.92 Å². The number of benzene rings is 2. The molecule has 5 nitrogen and oxygen atoms in total. The minimum absolute atomic E-state index is 0.0283. The first-order chi connectivity index (χ1) is 15.0. The molecule has 1 fully saturated rings. The third-order valence-electron chi connectivity index (χ3n) is 5.70. The van der Waals surface area contributed by atoms with Crippen molar-refractivity contribution in [1.29, 1.82) is 0 Å². The fourth-order valence-corrected chi connectivity index (χ4v) is 4.72. The molecule has 1 saturated heterocycles. The minimum Gasteiger partial charge on any atom is -0.384 e. The van der Waals surface area contributed by atoms with Crippen LogP contribution in [0.2, 0.25) is 0 Å². The maximum absolute atomic E-state index is 12.5. The van der Waals surface area contributed by atoms with E-state index in [0.29, 0.717) is 0 Å². The first-order valence-corrected chi connectivity index (χ1v) is 12.1. The highest BCUT2D eigenvalue weighted by molar-refractivity contribution is 7.99. The number of rotatable bonds is 9. The van der Waals surface area contributed by atoms with Gasteiger partial charge in [-0.2, -0.15) is 0 Å². The summed E-state index contributed by atoms with van der Waals surface area (Å²) in [6.07, 6.45) is 1.97. The highest BCUT2D eigenvalue weighted by Gasteiger charge is 2.21. The zero-order chi connectivity index (χ0) is 22.1. The Morgan fingerprint density at radius 2 is 1.94 bits per heavy atom. The summed E-state index contributed by atoms with van der Waals surface area (Å²) in [4.78, 5) is 16.2. The molecule has 0 spiro atoms. The highest BCUT2D eigenvalue weighted by atomic mass is 32.2. The van der Waals surface area contributed by atoms with Crippen LogP contribution in [0.15, 0.2) is 53.4 Å². The molecule has 0 bridgehead atoms. The normalized spacial score (nSPS) is 16.1. The summed E-state index contributed by atoms with van der Waals surface area (Å²) in [7, 11) is 1.72. The Bertz CT molecular complexity index is 820. The summed E-state index contributed by atoms with van der Waals surface area (Å²) in [5, 5.41) is 6.25. The van der Waals surface area contributed by atoms with Gasteiger partial charge in [-0.25, -0.2) is 4.79 Å². The van der Waals surface area contributed by atoms with Crippen molar-refractivity contribution < 1.29 is 9.53 Å². The number of likely N-dealkylation sites (tertiary alicyclic amines) is 1. The number of nitrogens with one attached hydrogen (secondary N) is 2. The van der Waals surface area contributed by atoms with Crippen molar-refractivity contribution in [2.45, 2.75) is 50.2 Å². The molecule has 2 aromatic carbocycles. The molecular formula is C25H35N3O2S. The van der Waals surface area contributed by atoms with E-state index in [4.69, 9.17) is 4.74 Å². The maximum Gasteiger partial charge on any atom is 0.315 e. The molecule has 3 rings (SSSR count). The predicted octanol–water partition coefficient (Wildman–Crippen LogP) is 4.76. The number of aryl methyl sites for hydroxylation is 1. The fourth-order valence-electron chi connectivity index (χ4n) is 3.91. The lowest BCUT2D eigenvalue weighted by atomic mass is 10.0. The number of carbonyl (C=O) groups excluding carboxylic acids is 1. The lowest BCUT2D eigenvalue weighted by Gasteiger charge is -2.32. The number of methoxy groups -OCH3 is 1. The molecule has 2 N–H and O–H groups in total. The van der Waals surface area contributed by atoms with Crippen LogP contribution < -0.4 is 10.6 Å². The van der Waals surface area contributed by atoms with Gasteiger partial charge in [-0.05, 0) is 49.9 Å². The second-order valence-corrected chi connectivity index (χ2v) is 9.46. The van der Waals surface area contributed by atoms with Crippen LogP contribution in [0.3, 0.4) is 0 Å². The van der Waals surface area contributed by atoms with E-state index < -0.39 is 0 Å². The van der Waals surface area contributed by atoms with Crippen molar-refractivity contribution in [1.82, 2.24) is 15.5 Å². The van der Waals surface area contributed by atoms with Gasteiger partial charge in [0.15, 0.2) is 0 Å². The molecule has 0 saturated carbocycles. The number of hydrogen-bond acceptors (Lipinski definition) is 4. The molecule has 1 aliphatic rings. The average molecular weight is 442 g/mol. The van der Waals surface area contributed by atoms with Crippen LogP contribution in [0.5, 0.6) is 0 Å². The van der Waals surface area contributed by atoms with Gasteiger partial charge >= 0.3 is 6.03 Å². The number of hydrogen-bond donors (Lipinski definition) is 2. The third kappa shape index (κ3) is 7.87. The second-order valence-electron chi connectivity index (χ2n) is 8.29. The van der Waals surface area contributed by atoms with Gasteiger partial charge in [0, 0.05) is 43.4 Å². The van der Waals surface area contributed by atoms with Crippen LogP contribution in [-0.2, 0) is 11.3 Å². The Labute approximate surface area is 190 Å². The molecule has 2 aromatic rings. The van der Waals surface area contributed by atoms with Crippen molar-refractivity contribution in [2.75, 3.05) is 32.6 Å². The van der Waals surface area contributed by atoms with Crippen LogP contribution in [0.1, 0.15) is 42.5 Å². The standard InChI is InChI=1S/C25H35N3O2S/c1-19-5-4-6-21(17-19)18-28-13-11-23(12-14-28)27-25(29)26-20(2)22-7-9-24(10-8-22)31-16-15-30-3/h4-10,17,20,23H,11-16,18H2,1-3H3,(H2,26,27,29). The molecule has 0 aliphatic carbocycles. The van der Waals surface area contributed by atoms with E-state index in [0.717, 1.165) is 50.4 Å². The van der Waals surface area contributed by atoms with Crippen molar-refractivity contribution in [3.05, 3.63) is 65.2 Å². The molecule has 31 heavy (non-hydrogen) atoms. The molecule has 1 unspecified atom stereocenters. The third-order valence-corrected chi connectivity index (χ3v) is 6.67. The molecule has 1 heterocycles. The van der Waals surface area contributed by atoms with E-state index in [1.165, 1.54) is 16.0 Å². The molecule has 1 aliphatic heterocycles. The van der Waals surface area contributed by atoms with E-state index in [2.05, 4.69) is 71.0 Å². The van der Waals surface area contributed by atoms with Gasteiger partial charge in [0.1, 0.15) is 0 Å².